The molecule has 2 nitrogen and oxygen atoms in total. The lowest BCUT2D eigenvalue weighted by Gasteiger charge is -2.10. The van der Waals surface area contributed by atoms with Crippen LogP contribution in [0.2, 0.25) is 5.02 Å². The van der Waals surface area contributed by atoms with Gasteiger partial charge in [-0.25, -0.2) is 0 Å². The van der Waals surface area contributed by atoms with Gasteiger partial charge in [-0.05, 0) is 43.5 Å². The highest BCUT2D eigenvalue weighted by Gasteiger charge is 2.06. The Hall–Kier alpha value is -1.28. The summed E-state index contributed by atoms with van der Waals surface area (Å²) in [7, 11) is 0. The predicted molar refractivity (Wildman–Crippen MR) is 67.6 cm³/mol. The van der Waals surface area contributed by atoms with E-state index in [-0.39, 0.29) is 5.91 Å². The number of amides is 1. The average Bonchev–Trinajstić information content (AvgIpc) is 2.20. The normalized spacial score (nSPS) is 10.0. The van der Waals surface area contributed by atoms with Crippen LogP contribution in [0.1, 0.15) is 23.6 Å². The molecule has 0 spiro atoms. The van der Waals surface area contributed by atoms with Crippen molar-refractivity contribution in [3.8, 4) is 0 Å². The van der Waals surface area contributed by atoms with Crippen molar-refractivity contribution in [2.24, 2.45) is 0 Å². The van der Waals surface area contributed by atoms with E-state index in [1.165, 1.54) is 0 Å². The first kappa shape index (κ1) is 12.8. The summed E-state index contributed by atoms with van der Waals surface area (Å²) in [5.41, 5.74) is 3.65. The van der Waals surface area contributed by atoms with Gasteiger partial charge in [-0.1, -0.05) is 24.2 Å². The summed E-state index contributed by atoms with van der Waals surface area (Å²) in [6.07, 6.45) is 0. The molecule has 1 aromatic carbocycles. The van der Waals surface area contributed by atoms with Crippen molar-refractivity contribution in [2.45, 2.75) is 27.3 Å². The van der Waals surface area contributed by atoms with Crippen LogP contribution in [0.25, 0.3) is 0 Å². The van der Waals surface area contributed by atoms with Gasteiger partial charge in [0.2, 0.25) is 5.91 Å². The van der Waals surface area contributed by atoms with Gasteiger partial charge in [0, 0.05) is 17.1 Å². The van der Waals surface area contributed by atoms with Gasteiger partial charge in [0.05, 0.1) is 0 Å². The van der Waals surface area contributed by atoms with Crippen LogP contribution in [-0.4, -0.2) is 5.91 Å². The summed E-state index contributed by atoms with van der Waals surface area (Å²) >= 11 is 6.07. The number of carbonyl (C=O) groups excluding carboxylic acids is 1. The van der Waals surface area contributed by atoms with Crippen LogP contribution in [-0.2, 0) is 11.3 Å². The summed E-state index contributed by atoms with van der Waals surface area (Å²) < 4.78 is 0. The summed E-state index contributed by atoms with van der Waals surface area (Å²) in [4.78, 5) is 11.4. The van der Waals surface area contributed by atoms with Crippen LogP contribution in [0.15, 0.2) is 24.3 Å². The number of halogens is 1. The van der Waals surface area contributed by atoms with Crippen molar-refractivity contribution in [3.63, 3.8) is 0 Å². The molecule has 0 radical (unpaired) electrons. The van der Waals surface area contributed by atoms with Gasteiger partial charge in [-0.3, -0.25) is 4.79 Å². The van der Waals surface area contributed by atoms with E-state index < -0.39 is 0 Å². The summed E-state index contributed by atoms with van der Waals surface area (Å²) in [5.74, 6) is -0.128. The zero-order chi connectivity index (χ0) is 12.3. The molecule has 3 heteroatoms. The van der Waals surface area contributed by atoms with Crippen LogP contribution in [0, 0.1) is 13.8 Å². The minimum atomic E-state index is -0.128. The number of aryl methyl sites for hydroxylation is 1. The average molecular weight is 238 g/mol. The zero-order valence-corrected chi connectivity index (χ0v) is 10.6. The van der Waals surface area contributed by atoms with E-state index >= 15 is 0 Å². The topological polar surface area (TPSA) is 29.1 Å². The Morgan fingerprint density at radius 2 is 2.06 bits per heavy atom. The molecule has 0 aliphatic rings. The first-order valence-electron chi connectivity index (χ1n) is 5.11. The molecular weight excluding hydrogens is 222 g/mol. The van der Waals surface area contributed by atoms with E-state index in [2.05, 4.69) is 11.9 Å². The fraction of sp³-hybridized carbons (Fsp3) is 0.308. The second-order valence-corrected chi connectivity index (χ2v) is 4.40. The fourth-order valence-electron chi connectivity index (χ4n) is 1.40. The Kier molecular flexibility index (Phi) is 4.13. The van der Waals surface area contributed by atoms with Crippen molar-refractivity contribution < 1.29 is 4.79 Å². The molecule has 0 aromatic heterocycles. The summed E-state index contributed by atoms with van der Waals surface area (Å²) in [5, 5.41) is 3.53. The lowest BCUT2D eigenvalue weighted by molar-refractivity contribution is -0.117. The molecule has 86 valence electrons. The molecule has 0 saturated heterocycles. The number of hydrogen-bond donors (Lipinski definition) is 1. The fourth-order valence-corrected chi connectivity index (χ4v) is 1.69. The Morgan fingerprint density at radius 3 is 2.62 bits per heavy atom. The second kappa shape index (κ2) is 5.17. The van der Waals surface area contributed by atoms with Crippen LogP contribution in [0.3, 0.4) is 0 Å². The SMILES string of the molecule is C=C(C)C(=O)NCc1cc(C)cc(Cl)c1C. The lowest BCUT2D eigenvalue weighted by atomic mass is 10.1. The molecule has 0 heterocycles. The summed E-state index contributed by atoms with van der Waals surface area (Å²) in [6, 6.07) is 3.95. The molecular formula is C13H16ClNO. The molecule has 1 N–H and O–H groups in total. The Bertz CT molecular complexity index is 438. The highest BCUT2D eigenvalue weighted by Crippen LogP contribution is 2.21. The van der Waals surface area contributed by atoms with E-state index in [9.17, 15) is 4.79 Å². The van der Waals surface area contributed by atoms with Gasteiger partial charge in [0.15, 0.2) is 0 Å². The maximum Gasteiger partial charge on any atom is 0.246 e. The van der Waals surface area contributed by atoms with Crippen molar-refractivity contribution in [1.82, 2.24) is 5.32 Å². The van der Waals surface area contributed by atoms with Crippen molar-refractivity contribution in [3.05, 3.63) is 46.0 Å². The maximum absolute atomic E-state index is 11.4. The molecule has 0 fully saturated rings. The van der Waals surface area contributed by atoms with E-state index in [1.807, 2.05) is 26.0 Å². The van der Waals surface area contributed by atoms with Crippen LogP contribution in [0.5, 0.6) is 0 Å². The smallest absolute Gasteiger partial charge is 0.246 e. The number of hydrogen-bond acceptors (Lipinski definition) is 1. The van der Waals surface area contributed by atoms with Gasteiger partial charge < -0.3 is 5.32 Å². The Morgan fingerprint density at radius 1 is 1.44 bits per heavy atom. The van der Waals surface area contributed by atoms with E-state index in [4.69, 9.17) is 11.6 Å². The molecule has 0 saturated carbocycles. The second-order valence-electron chi connectivity index (χ2n) is 3.99. The first-order valence-corrected chi connectivity index (χ1v) is 5.49. The molecule has 0 unspecified atom stereocenters. The minimum absolute atomic E-state index is 0.128. The predicted octanol–water partition coefficient (Wildman–Crippen LogP) is 3.15. The third kappa shape index (κ3) is 3.11. The highest BCUT2D eigenvalue weighted by molar-refractivity contribution is 6.31. The van der Waals surface area contributed by atoms with Gasteiger partial charge in [-0.15, -0.1) is 0 Å². The highest BCUT2D eigenvalue weighted by atomic mass is 35.5. The van der Waals surface area contributed by atoms with Crippen LogP contribution < -0.4 is 5.32 Å². The molecule has 0 aliphatic heterocycles. The molecule has 1 rings (SSSR count). The monoisotopic (exact) mass is 237 g/mol. The minimum Gasteiger partial charge on any atom is -0.348 e. The van der Waals surface area contributed by atoms with Crippen molar-refractivity contribution in [2.75, 3.05) is 0 Å². The van der Waals surface area contributed by atoms with Gasteiger partial charge >= 0.3 is 0 Å². The number of benzene rings is 1. The Labute approximate surface area is 101 Å². The number of rotatable bonds is 3. The van der Waals surface area contributed by atoms with Gasteiger partial charge in [0.25, 0.3) is 0 Å². The maximum atomic E-state index is 11.4. The standard InChI is InChI=1S/C13H16ClNO/c1-8(2)13(16)15-7-11-5-9(3)6-12(14)10(11)4/h5-6H,1,7H2,2-4H3,(H,15,16). The van der Waals surface area contributed by atoms with E-state index in [1.54, 1.807) is 6.92 Å². The van der Waals surface area contributed by atoms with Crippen molar-refractivity contribution in [1.29, 1.82) is 0 Å². The van der Waals surface area contributed by atoms with Crippen molar-refractivity contribution >= 4 is 17.5 Å². The molecule has 16 heavy (non-hydrogen) atoms. The van der Waals surface area contributed by atoms with E-state index in [0.717, 1.165) is 21.7 Å². The lowest BCUT2D eigenvalue weighted by Crippen LogP contribution is -2.23. The molecule has 0 bridgehead atoms. The van der Waals surface area contributed by atoms with E-state index in [0.29, 0.717) is 12.1 Å². The molecule has 1 aromatic rings. The Balaban J connectivity index is 2.82. The number of carbonyl (C=O) groups is 1. The third-order valence-corrected chi connectivity index (χ3v) is 2.82. The number of nitrogens with one attached hydrogen (secondary N) is 1. The van der Waals surface area contributed by atoms with Gasteiger partial charge in [-0.2, -0.15) is 0 Å². The molecule has 0 aliphatic carbocycles. The first-order chi connectivity index (χ1) is 7.41. The molecule has 0 atom stereocenters. The quantitative estimate of drug-likeness (QED) is 0.804. The van der Waals surface area contributed by atoms with Crippen LogP contribution >= 0.6 is 11.6 Å². The summed E-state index contributed by atoms with van der Waals surface area (Å²) in [6.45, 7) is 9.69. The van der Waals surface area contributed by atoms with Crippen LogP contribution in [0.4, 0.5) is 0 Å². The third-order valence-electron chi connectivity index (χ3n) is 2.42. The largest absolute Gasteiger partial charge is 0.348 e. The zero-order valence-electron chi connectivity index (χ0n) is 9.86. The van der Waals surface area contributed by atoms with Gasteiger partial charge in [0.1, 0.15) is 0 Å². The molecule has 1 amide bonds.